The Morgan fingerprint density at radius 1 is 1.20 bits per heavy atom. The molecular weight excluding hydrogens is 396 g/mol. The molecular formula is C23H38N4O2S. The van der Waals surface area contributed by atoms with Gasteiger partial charge in [0.25, 0.3) is 5.91 Å². The third-order valence-corrected chi connectivity index (χ3v) is 8.64. The van der Waals surface area contributed by atoms with Gasteiger partial charge in [0.15, 0.2) is 5.13 Å². The van der Waals surface area contributed by atoms with E-state index in [1.807, 2.05) is 6.92 Å². The largest absolute Gasteiger partial charge is 0.395 e. The molecule has 2 heterocycles. The lowest BCUT2D eigenvalue weighted by Gasteiger charge is -2.47. The summed E-state index contributed by atoms with van der Waals surface area (Å²) in [6.45, 7) is 12.1. The van der Waals surface area contributed by atoms with E-state index < -0.39 is 0 Å². The molecule has 2 unspecified atom stereocenters. The lowest BCUT2D eigenvalue weighted by Crippen LogP contribution is -2.47. The lowest BCUT2D eigenvalue weighted by atomic mass is 9.60. The highest BCUT2D eigenvalue weighted by Gasteiger charge is 2.40. The number of thiazole rings is 1. The molecule has 1 amide bonds. The average Bonchev–Trinajstić information content (AvgIpc) is 3.05. The second kappa shape index (κ2) is 9.13. The molecule has 30 heavy (non-hydrogen) atoms. The number of fused-ring (bicyclic) bond motifs is 4. The van der Waals surface area contributed by atoms with E-state index in [4.69, 9.17) is 10.1 Å². The molecule has 168 valence electrons. The summed E-state index contributed by atoms with van der Waals surface area (Å²) in [6.07, 6.45) is 6.63. The van der Waals surface area contributed by atoms with Crippen LogP contribution in [0.5, 0.6) is 0 Å². The van der Waals surface area contributed by atoms with Crippen molar-refractivity contribution in [2.75, 3.05) is 50.8 Å². The van der Waals surface area contributed by atoms with Crippen molar-refractivity contribution in [3.63, 3.8) is 0 Å². The van der Waals surface area contributed by atoms with Crippen molar-refractivity contribution >= 4 is 22.4 Å². The predicted molar refractivity (Wildman–Crippen MR) is 122 cm³/mol. The maximum atomic E-state index is 13.0. The molecule has 7 heteroatoms. The van der Waals surface area contributed by atoms with E-state index in [2.05, 4.69) is 29.0 Å². The number of aromatic nitrogens is 1. The number of aliphatic hydroxyl groups excluding tert-OH is 1. The van der Waals surface area contributed by atoms with Crippen LogP contribution in [0.1, 0.15) is 61.3 Å². The van der Waals surface area contributed by atoms with E-state index in [0.29, 0.717) is 0 Å². The summed E-state index contributed by atoms with van der Waals surface area (Å²) in [5.74, 6) is 2.62. The molecule has 2 atom stereocenters. The molecule has 5 rings (SSSR count). The number of nitrogens with zero attached hydrogens (tertiary/aromatic N) is 3. The van der Waals surface area contributed by atoms with E-state index in [9.17, 15) is 4.79 Å². The van der Waals surface area contributed by atoms with Gasteiger partial charge in [-0.05, 0) is 62.2 Å². The Kier molecular flexibility index (Phi) is 6.70. The first-order valence-electron chi connectivity index (χ1n) is 11.7. The number of rotatable bonds is 6. The molecule has 4 aliphatic rings. The predicted octanol–water partition coefficient (Wildman–Crippen LogP) is 3.15. The van der Waals surface area contributed by atoms with Gasteiger partial charge in [-0.15, -0.1) is 0 Å². The third kappa shape index (κ3) is 5.00. The van der Waals surface area contributed by atoms with Crippen molar-refractivity contribution in [1.29, 1.82) is 0 Å². The molecule has 1 aromatic heterocycles. The summed E-state index contributed by atoms with van der Waals surface area (Å²) in [7, 11) is 0. The minimum absolute atomic E-state index is 0.0394. The Labute approximate surface area is 185 Å². The van der Waals surface area contributed by atoms with Gasteiger partial charge < -0.3 is 15.3 Å². The molecule has 0 aromatic carbocycles. The van der Waals surface area contributed by atoms with Crippen LogP contribution in [-0.2, 0) is 0 Å². The van der Waals surface area contributed by atoms with Crippen LogP contribution in [0.4, 0.5) is 5.13 Å². The molecule has 2 bridgehead atoms. The third-order valence-electron chi connectivity index (χ3n) is 7.42. The Balaban J connectivity index is 1.34. The Bertz CT molecular complexity index is 736. The highest BCUT2D eigenvalue weighted by atomic mass is 32.1. The van der Waals surface area contributed by atoms with Gasteiger partial charge in [-0.1, -0.05) is 25.2 Å². The van der Waals surface area contributed by atoms with Crippen molar-refractivity contribution < 1.29 is 9.90 Å². The van der Waals surface area contributed by atoms with E-state index in [1.165, 1.54) is 43.4 Å². The van der Waals surface area contributed by atoms with Crippen LogP contribution in [-0.4, -0.2) is 66.8 Å². The fourth-order valence-electron chi connectivity index (χ4n) is 6.06. The van der Waals surface area contributed by atoms with E-state index >= 15 is 0 Å². The first-order chi connectivity index (χ1) is 14.3. The van der Waals surface area contributed by atoms with Gasteiger partial charge in [0.05, 0.1) is 12.3 Å². The Morgan fingerprint density at radius 3 is 2.63 bits per heavy atom. The SMILES string of the molecule is Cc1nc(N2CCN(CCO)CC2)sc1C(=O)NCC1(C)CC(C)CC2CC(C2)C1. The minimum atomic E-state index is 0.0394. The van der Waals surface area contributed by atoms with Crippen molar-refractivity contribution in [2.24, 2.45) is 23.2 Å². The maximum Gasteiger partial charge on any atom is 0.263 e. The van der Waals surface area contributed by atoms with Crippen LogP contribution in [0, 0.1) is 30.1 Å². The molecule has 6 nitrogen and oxygen atoms in total. The number of carbonyl (C=O) groups is 1. The molecule has 2 N–H and O–H groups in total. The number of aryl methyl sites for hydroxylation is 1. The first kappa shape index (κ1) is 22.0. The molecule has 4 fully saturated rings. The Hall–Kier alpha value is -1.18. The van der Waals surface area contributed by atoms with E-state index in [0.717, 1.165) is 72.7 Å². The summed E-state index contributed by atoms with van der Waals surface area (Å²) in [6, 6.07) is 0. The Morgan fingerprint density at radius 2 is 1.93 bits per heavy atom. The van der Waals surface area contributed by atoms with Gasteiger partial charge in [0.1, 0.15) is 4.88 Å². The monoisotopic (exact) mass is 434 g/mol. The highest BCUT2D eigenvalue weighted by molar-refractivity contribution is 7.17. The molecule has 1 saturated heterocycles. The number of amides is 1. The second-order valence-electron chi connectivity index (χ2n) is 10.4. The topological polar surface area (TPSA) is 68.7 Å². The number of hydrogen-bond donors (Lipinski definition) is 2. The zero-order valence-corrected chi connectivity index (χ0v) is 19.6. The normalized spacial score (nSPS) is 32.3. The molecule has 1 aliphatic heterocycles. The summed E-state index contributed by atoms with van der Waals surface area (Å²) in [5.41, 5.74) is 1.04. The zero-order chi connectivity index (χ0) is 21.3. The molecule has 3 saturated carbocycles. The number of carbonyl (C=O) groups excluding carboxylic acids is 1. The van der Waals surface area contributed by atoms with Crippen LogP contribution in [0.2, 0.25) is 0 Å². The summed E-state index contributed by atoms with van der Waals surface area (Å²) < 4.78 is 0. The summed E-state index contributed by atoms with van der Waals surface area (Å²) >= 11 is 1.53. The van der Waals surface area contributed by atoms with Gasteiger partial charge in [0.2, 0.25) is 0 Å². The van der Waals surface area contributed by atoms with Gasteiger partial charge in [-0.25, -0.2) is 4.98 Å². The molecule has 3 aliphatic carbocycles. The smallest absolute Gasteiger partial charge is 0.263 e. The van der Waals surface area contributed by atoms with Crippen molar-refractivity contribution in [3.05, 3.63) is 10.6 Å². The highest BCUT2D eigenvalue weighted by Crippen LogP contribution is 2.49. The van der Waals surface area contributed by atoms with Crippen LogP contribution in [0.15, 0.2) is 0 Å². The summed E-state index contributed by atoms with van der Waals surface area (Å²) in [5, 5.41) is 13.3. The lowest BCUT2D eigenvalue weighted by molar-refractivity contribution is 0.0473. The number of hydrogen-bond acceptors (Lipinski definition) is 6. The fraction of sp³-hybridized carbons (Fsp3) is 0.826. The number of piperazine rings is 1. The maximum absolute atomic E-state index is 13.0. The van der Waals surface area contributed by atoms with E-state index in [1.54, 1.807) is 0 Å². The van der Waals surface area contributed by atoms with Crippen molar-refractivity contribution in [2.45, 2.75) is 52.9 Å². The first-order valence-corrected chi connectivity index (χ1v) is 12.5. The van der Waals surface area contributed by atoms with Crippen LogP contribution < -0.4 is 10.2 Å². The quantitative estimate of drug-likeness (QED) is 0.720. The molecule has 0 spiro atoms. The van der Waals surface area contributed by atoms with Gasteiger partial charge >= 0.3 is 0 Å². The minimum Gasteiger partial charge on any atom is -0.395 e. The van der Waals surface area contributed by atoms with E-state index in [-0.39, 0.29) is 17.9 Å². The van der Waals surface area contributed by atoms with Crippen LogP contribution in [0.3, 0.4) is 0 Å². The standard InChI is InChI=1S/C23H38N4O2S/c1-16-10-18-11-19(12-18)14-23(3,13-16)15-24-21(29)20-17(2)25-22(30-20)27-6-4-26(5-7-27)8-9-28/h16,18-19,28H,4-15H2,1-3H3,(H,24,29). The number of nitrogens with one attached hydrogen (secondary N) is 1. The summed E-state index contributed by atoms with van der Waals surface area (Å²) in [4.78, 5) is 23.0. The van der Waals surface area contributed by atoms with Crippen LogP contribution >= 0.6 is 11.3 Å². The van der Waals surface area contributed by atoms with Gasteiger partial charge in [-0.2, -0.15) is 0 Å². The molecule has 1 aromatic rings. The zero-order valence-electron chi connectivity index (χ0n) is 18.8. The van der Waals surface area contributed by atoms with Gasteiger partial charge in [-0.3, -0.25) is 9.69 Å². The second-order valence-corrected chi connectivity index (χ2v) is 11.4. The van der Waals surface area contributed by atoms with Crippen molar-refractivity contribution in [3.8, 4) is 0 Å². The molecule has 0 radical (unpaired) electrons. The van der Waals surface area contributed by atoms with Crippen LogP contribution in [0.25, 0.3) is 0 Å². The van der Waals surface area contributed by atoms with Gasteiger partial charge in [0, 0.05) is 39.3 Å². The number of anilines is 1. The number of β-amino-alcohol motifs (C(OH)–C–C–N with tert-alkyl or cyclic N) is 1. The fourth-order valence-corrected chi connectivity index (χ4v) is 7.09. The number of aliphatic hydroxyl groups is 1. The average molecular weight is 435 g/mol. The van der Waals surface area contributed by atoms with Crippen molar-refractivity contribution in [1.82, 2.24) is 15.2 Å².